The molecule has 0 heterocycles. The first-order valence-corrected chi connectivity index (χ1v) is 7.36. The second-order valence-electron chi connectivity index (χ2n) is 5.84. The van der Waals surface area contributed by atoms with Crippen molar-refractivity contribution in [3.8, 4) is 0 Å². The van der Waals surface area contributed by atoms with E-state index in [1.807, 2.05) is 0 Å². The van der Waals surface area contributed by atoms with Crippen LogP contribution >= 0.6 is 0 Å². The number of hydrogen-bond donors (Lipinski definition) is 0. The van der Waals surface area contributed by atoms with Crippen molar-refractivity contribution in [3.05, 3.63) is 35.9 Å². The van der Waals surface area contributed by atoms with Gasteiger partial charge in [0.05, 0.1) is 0 Å². The van der Waals surface area contributed by atoms with Crippen LogP contribution in [0.5, 0.6) is 0 Å². The van der Waals surface area contributed by atoms with Gasteiger partial charge in [0.2, 0.25) is 0 Å². The van der Waals surface area contributed by atoms with Crippen molar-refractivity contribution in [1.29, 1.82) is 0 Å². The third-order valence-corrected chi connectivity index (χ3v) is 5.86. The van der Waals surface area contributed by atoms with Crippen LogP contribution in [0.3, 0.4) is 0 Å². The van der Waals surface area contributed by atoms with Crippen molar-refractivity contribution in [2.24, 2.45) is 0 Å². The van der Waals surface area contributed by atoms with Gasteiger partial charge in [0, 0.05) is 6.15 Å². The van der Waals surface area contributed by atoms with Gasteiger partial charge < -0.3 is 0 Å². The van der Waals surface area contributed by atoms with Crippen LogP contribution in [-0.4, -0.2) is 6.15 Å². The average molecular weight is 238 g/mol. The Morgan fingerprint density at radius 3 is 1.67 bits per heavy atom. The summed E-state index contributed by atoms with van der Waals surface area (Å²) in [5, 5.41) is 0.361. The summed E-state index contributed by atoms with van der Waals surface area (Å²) in [6.07, 6.45) is 4.91. The molecule has 1 atom stereocenters. The van der Waals surface area contributed by atoms with Gasteiger partial charge in [0.25, 0.3) is 0 Å². The first kappa shape index (κ1) is 17.9. The Kier molecular flexibility index (Phi) is 7.42. The fraction of sp³-hybridized carbons (Fsp3) is 0.625. The van der Waals surface area contributed by atoms with Crippen LogP contribution in [0, 0.1) is 0 Å². The molecule has 1 rings (SSSR count). The predicted octanol–water partition coefficient (Wildman–Crippen LogP) is 2.41. The first-order chi connectivity index (χ1) is 8.10. The van der Waals surface area contributed by atoms with Crippen molar-refractivity contribution in [2.45, 2.75) is 65.3 Å². The summed E-state index contributed by atoms with van der Waals surface area (Å²) in [6, 6.07) is 11.1. The van der Waals surface area contributed by atoms with E-state index in [1.54, 1.807) is 0 Å². The molecular weight excluding hydrogens is 210 g/mol. The van der Waals surface area contributed by atoms with E-state index in [9.17, 15) is 0 Å². The largest absolute Gasteiger partial charge is 1.00 e. The summed E-state index contributed by atoms with van der Waals surface area (Å²) in [7, 11) is 0. The zero-order chi connectivity index (χ0) is 12.9. The molecule has 0 aliphatic rings. The second kappa shape index (κ2) is 7.47. The smallest absolute Gasteiger partial charge is 0.180 e. The molecule has 2 heteroatoms. The molecule has 0 aliphatic heterocycles. The van der Waals surface area contributed by atoms with Gasteiger partial charge >= 0.3 is 18.9 Å². The monoisotopic (exact) mass is 238 g/mol. The fourth-order valence-electron chi connectivity index (χ4n) is 4.03. The minimum Gasteiger partial charge on any atom is -0.180 e. The number of hydrogen-bond acceptors (Lipinski definition) is 0. The van der Waals surface area contributed by atoms with Crippen LogP contribution in [0.2, 0.25) is 19.0 Å². The van der Waals surface area contributed by atoms with Crippen LogP contribution in [0.25, 0.3) is 0 Å². The van der Waals surface area contributed by atoms with Crippen LogP contribution in [0.1, 0.15) is 46.6 Å². The van der Waals surface area contributed by atoms with E-state index in [4.69, 9.17) is 0 Å². The molecule has 1 aromatic carbocycles. The van der Waals surface area contributed by atoms with E-state index in [-0.39, 0.29) is 25.0 Å². The number of benzene rings is 1. The van der Waals surface area contributed by atoms with E-state index in [0.29, 0.717) is 5.31 Å². The summed E-state index contributed by atoms with van der Waals surface area (Å²) in [5.74, 6) is 0. The molecule has 0 saturated carbocycles. The van der Waals surface area contributed by atoms with Crippen LogP contribution in [0.15, 0.2) is 30.3 Å². The summed E-state index contributed by atoms with van der Waals surface area (Å²) in [4.78, 5) is 0. The fourth-order valence-corrected chi connectivity index (χ4v) is 4.03. The third kappa shape index (κ3) is 2.89. The maximum absolute atomic E-state index is 2.48. The van der Waals surface area contributed by atoms with Gasteiger partial charge in [-0.2, -0.15) is 19.0 Å². The van der Waals surface area contributed by atoms with Crippen molar-refractivity contribution in [2.75, 3.05) is 0 Å². The summed E-state index contributed by atoms with van der Waals surface area (Å²) < 4.78 is 0. The number of rotatable bonds is 6. The molecule has 0 aromatic heterocycles. The normalized spacial score (nSPS) is 14.7. The quantitative estimate of drug-likeness (QED) is 0.667. The Bertz CT molecular complexity index is 324. The van der Waals surface area contributed by atoms with Crippen molar-refractivity contribution in [1.82, 2.24) is 0 Å². The molecule has 0 N–H and O–H groups in total. The van der Waals surface area contributed by atoms with Gasteiger partial charge in [-0.15, -0.1) is 5.31 Å². The molecule has 0 amide bonds. The Balaban J connectivity index is 0.00000289. The van der Waals surface area contributed by atoms with E-state index in [1.165, 1.54) is 30.9 Å². The van der Waals surface area contributed by atoms with E-state index in [0.717, 1.165) is 0 Å². The molecule has 0 saturated heterocycles. The molecule has 0 nitrogen and oxygen atoms in total. The predicted molar refractivity (Wildman–Crippen MR) is 81.3 cm³/mol. The van der Waals surface area contributed by atoms with Crippen molar-refractivity contribution < 1.29 is 18.9 Å². The van der Waals surface area contributed by atoms with Gasteiger partial charge in [-0.3, -0.25) is 0 Å². The molecule has 0 aliphatic carbocycles. The standard InChI is InChI=1S/C16H28B.Li/c1-6-16(5,15-13-11-10-12-14-15)17(7-2,8-3)9-4;/h10-14H,6-9H2,1-5H3;/q-1;+1. The average Bonchev–Trinajstić information content (AvgIpc) is 2.42. The zero-order valence-corrected chi connectivity index (χ0v) is 13.3. The molecule has 0 spiro atoms. The maximum Gasteiger partial charge on any atom is 1.00 e. The van der Waals surface area contributed by atoms with E-state index in [2.05, 4.69) is 65.0 Å². The van der Waals surface area contributed by atoms with Crippen molar-refractivity contribution in [3.63, 3.8) is 0 Å². The van der Waals surface area contributed by atoms with Crippen LogP contribution < -0.4 is 18.9 Å². The van der Waals surface area contributed by atoms with Crippen molar-refractivity contribution >= 4 is 6.15 Å². The molecule has 0 fully saturated rings. The molecule has 1 unspecified atom stereocenters. The van der Waals surface area contributed by atoms with Gasteiger partial charge in [0.15, 0.2) is 0 Å². The molecule has 0 radical (unpaired) electrons. The first-order valence-electron chi connectivity index (χ1n) is 7.36. The van der Waals surface area contributed by atoms with Crippen LogP contribution in [0.4, 0.5) is 0 Å². The summed E-state index contributed by atoms with van der Waals surface area (Å²) in [5.41, 5.74) is 1.54. The minimum atomic E-state index is -0.307. The Hall–Kier alpha value is -0.118. The SMILES string of the molecule is CC[B-](CC)(CC)C(C)(CC)c1ccccc1.[Li+]. The Morgan fingerprint density at radius 2 is 1.33 bits per heavy atom. The van der Waals surface area contributed by atoms with E-state index >= 15 is 0 Å². The second-order valence-corrected chi connectivity index (χ2v) is 5.84. The van der Waals surface area contributed by atoms with Crippen LogP contribution in [-0.2, 0) is 5.31 Å². The summed E-state index contributed by atoms with van der Waals surface area (Å²) in [6.45, 7) is 12.0. The molecule has 0 bridgehead atoms. The molecule has 18 heavy (non-hydrogen) atoms. The summed E-state index contributed by atoms with van der Waals surface area (Å²) >= 11 is 0. The third-order valence-electron chi connectivity index (χ3n) is 5.86. The molecular formula is C16H28BLi. The van der Waals surface area contributed by atoms with E-state index < -0.39 is 0 Å². The molecule has 96 valence electrons. The molecule has 1 aromatic rings. The minimum absolute atomic E-state index is 0. The van der Waals surface area contributed by atoms with Gasteiger partial charge in [-0.25, -0.2) is 0 Å². The Morgan fingerprint density at radius 1 is 0.889 bits per heavy atom. The van der Waals surface area contributed by atoms with Gasteiger partial charge in [-0.1, -0.05) is 76.9 Å². The zero-order valence-electron chi connectivity index (χ0n) is 13.3. The maximum atomic E-state index is 2.48. The topological polar surface area (TPSA) is 0 Å². The van der Waals surface area contributed by atoms with Gasteiger partial charge in [-0.05, 0) is 0 Å². The Labute approximate surface area is 126 Å². The van der Waals surface area contributed by atoms with Gasteiger partial charge in [0.1, 0.15) is 0 Å².